The van der Waals surface area contributed by atoms with Crippen LogP contribution in [0.15, 0.2) is 25.2 Å². The van der Waals surface area contributed by atoms with E-state index in [0.717, 1.165) is 11.0 Å². The minimum Gasteiger partial charge on any atom is -0.480 e. The van der Waals surface area contributed by atoms with E-state index in [1.165, 1.54) is 19.6 Å². The van der Waals surface area contributed by atoms with Crippen molar-refractivity contribution in [3.05, 3.63) is 30.9 Å². The van der Waals surface area contributed by atoms with Crippen molar-refractivity contribution in [2.75, 3.05) is 7.05 Å². The molecule has 1 aromatic heterocycles. The summed E-state index contributed by atoms with van der Waals surface area (Å²) < 4.78 is 0. The van der Waals surface area contributed by atoms with E-state index in [4.69, 9.17) is 5.11 Å². The standard InChI is InChI=1S/C10H13N3O3/c1-3-9(14)13(2)8(10(15)16)4-7-5-11-6-12-7/h3,5-6,8H,1,4H2,2H3,(H,11,12)(H,15,16)/t8-/m1/s1. The van der Waals surface area contributed by atoms with Crippen molar-refractivity contribution in [2.45, 2.75) is 12.5 Å². The first-order valence-electron chi connectivity index (χ1n) is 4.65. The molecule has 1 heterocycles. The maximum Gasteiger partial charge on any atom is 0.326 e. The first-order chi connectivity index (χ1) is 7.56. The van der Waals surface area contributed by atoms with Gasteiger partial charge >= 0.3 is 5.97 Å². The molecule has 0 saturated heterocycles. The molecule has 1 rings (SSSR count). The van der Waals surface area contributed by atoms with Crippen LogP contribution in [0.1, 0.15) is 5.69 Å². The van der Waals surface area contributed by atoms with Gasteiger partial charge in [0, 0.05) is 25.4 Å². The van der Waals surface area contributed by atoms with Gasteiger partial charge in [-0.25, -0.2) is 9.78 Å². The zero-order valence-electron chi connectivity index (χ0n) is 8.88. The number of aliphatic carboxylic acids is 1. The maximum absolute atomic E-state index is 11.3. The maximum atomic E-state index is 11.3. The lowest BCUT2D eigenvalue weighted by atomic mass is 10.1. The summed E-state index contributed by atoms with van der Waals surface area (Å²) in [6.45, 7) is 3.32. The van der Waals surface area contributed by atoms with Crippen LogP contribution in [0.5, 0.6) is 0 Å². The first kappa shape index (κ1) is 12.0. The molecule has 1 aromatic rings. The predicted octanol–water partition coefficient (Wildman–Crippen LogP) is 0.0498. The third kappa shape index (κ3) is 2.69. The summed E-state index contributed by atoms with van der Waals surface area (Å²) in [5.41, 5.74) is 0.663. The number of hydrogen-bond donors (Lipinski definition) is 2. The minimum atomic E-state index is -1.06. The molecule has 6 nitrogen and oxygen atoms in total. The molecule has 0 bridgehead atoms. The van der Waals surface area contributed by atoms with E-state index >= 15 is 0 Å². The smallest absolute Gasteiger partial charge is 0.326 e. The molecule has 2 N–H and O–H groups in total. The number of amides is 1. The van der Waals surface area contributed by atoms with Crippen LogP contribution in [-0.4, -0.2) is 44.9 Å². The number of hydrogen-bond acceptors (Lipinski definition) is 3. The molecule has 0 saturated carbocycles. The van der Waals surface area contributed by atoms with Crippen LogP contribution in [0.4, 0.5) is 0 Å². The van der Waals surface area contributed by atoms with Gasteiger partial charge in [-0.1, -0.05) is 6.58 Å². The number of likely N-dealkylation sites (N-methyl/N-ethyl adjacent to an activating group) is 1. The number of H-pyrrole nitrogens is 1. The Kier molecular flexibility index (Phi) is 3.82. The average Bonchev–Trinajstić information content (AvgIpc) is 2.76. The normalized spacial score (nSPS) is 11.8. The van der Waals surface area contributed by atoms with E-state index in [2.05, 4.69) is 16.5 Å². The zero-order chi connectivity index (χ0) is 12.1. The van der Waals surface area contributed by atoms with Gasteiger partial charge in [-0.2, -0.15) is 0 Å². The van der Waals surface area contributed by atoms with Crippen molar-refractivity contribution in [3.63, 3.8) is 0 Å². The fourth-order valence-corrected chi connectivity index (χ4v) is 1.29. The molecule has 6 heteroatoms. The monoisotopic (exact) mass is 223 g/mol. The number of carbonyl (C=O) groups is 2. The molecule has 1 atom stereocenters. The van der Waals surface area contributed by atoms with Crippen molar-refractivity contribution in [1.29, 1.82) is 0 Å². The van der Waals surface area contributed by atoms with Gasteiger partial charge in [-0.15, -0.1) is 0 Å². The Labute approximate surface area is 92.6 Å². The Morgan fingerprint density at radius 2 is 2.44 bits per heavy atom. The lowest BCUT2D eigenvalue weighted by molar-refractivity contribution is -0.147. The summed E-state index contributed by atoms with van der Waals surface area (Å²) in [6.07, 6.45) is 4.26. The number of nitrogens with zero attached hydrogens (tertiary/aromatic N) is 2. The van der Waals surface area contributed by atoms with Gasteiger partial charge < -0.3 is 15.0 Å². The number of imidazole rings is 1. The lowest BCUT2D eigenvalue weighted by Crippen LogP contribution is -2.43. The summed E-state index contributed by atoms with van der Waals surface area (Å²) in [4.78, 5) is 30.0. The number of rotatable bonds is 5. The molecule has 16 heavy (non-hydrogen) atoms. The van der Waals surface area contributed by atoms with Crippen LogP contribution in [0.25, 0.3) is 0 Å². The van der Waals surface area contributed by atoms with Gasteiger partial charge in [0.25, 0.3) is 0 Å². The van der Waals surface area contributed by atoms with E-state index < -0.39 is 17.9 Å². The predicted molar refractivity (Wildman–Crippen MR) is 56.7 cm³/mol. The molecule has 0 fully saturated rings. The number of aromatic nitrogens is 2. The van der Waals surface area contributed by atoms with Gasteiger partial charge in [0.2, 0.25) is 5.91 Å². The second kappa shape index (κ2) is 5.11. The van der Waals surface area contributed by atoms with E-state index in [-0.39, 0.29) is 6.42 Å². The van der Waals surface area contributed by atoms with Gasteiger partial charge in [0.15, 0.2) is 0 Å². The van der Waals surface area contributed by atoms with Crippen LogP contribution in [0.3, 0.4) is 0 Å². The molecule has 1 amide bonds. The van der Waals surface area contributed by atoms with Gasteiger partial charge in [0.1, 0.15) is 6.04 Å². The van der Waals surface area contributed by atoms with Gasteiger partial charge in [-0.05, 0) is 6.08 Å². The van der Waals surface area contributed by atoms with Crippen LogP contribution < -0.4 is 0 Å². The van der Waals surface area contributed by atoms with Crippen molar-refractivity contribution >= 4 is 11.9 Å². The molecule has 0 aliphatic carbocycles. The summed E-state index contributed by atoms with van der Waals surface area (Å²) in [6, 6.07) is -0.925. The first-order valence-corrected chi connectivity index (χ1v) is 4.65. The topological polar surface area (TPSA) is 86.3 Å². The SMILES string of the molecule is C=CC(=O)N(C)[C@H](Cc1cnc[nH]1)C(=O)O. The summed E-state index contributed by atoms with van der Waals surface area (Å²) in [7, 11) is 1.43. The highest BCUT2D eigenvalue weighted by Crippen LogP contribution is 2.06. The summed E-state index contributed by atoms with van der Waals surface area (Å²) in [5.74, 6) is -1.49. The Bertz CT molecular complexity index is 386. The second-order valence-corrected chi connectivity index (χ2v) is 3.29. The molecule has 0 unspecified atom stereocenters. The highest BCUT2D eigenvalue weighted by Gasteiger charge is 2.25. The number of carbonyl (C=O) groups excluding carboxylic acids is 1. The average molecular weight is 223 g/mol. The van der Waals surface area contributed by atoms with E-state index in [9.17, 15) is 9.59 Å². The van der Waals surface area contributed by atoms with Crippen molar-refractivity contribution in [2.24, 2.45) is 0 Å². The van der Waals surface area contributed by atoms with E-state index in [0.29, 0.717) is 5.69 Å². The third-order valence-electron chi connectivity index (χ3n) is 2.24. The zero-order valence-corrected chi connectivity index (χ0v) is 8.88. The van der Waals surface area contributed by atoms with Crippen LogP contribution in [-0.2, 0) is 16.0 Å². The Morgan fingerprint density at radius 3 is 2.88 bits per heavy atom. The fraction of sp³-hybridized carbons (Fsp3) is 0.300. The highest BCUT2D eigenvalue weighted by atomic mass is 16.4. The summed E-state index contributed by atoms with van der Waals surface area (Å²) in [5, 5.41) is 9.02. The molecule has 86 valence electrons. The van der Waals surface area contributed by atoms with Gasteiger partial charge in [-0.3, -0.25) is 4.79 Å². The van der Waals surface area contributed by atoms with Crippen molar-refractivity contribution in [1.82, 2.24) is 14.9 Å². The highest BCUT2D eigenvalue weighted by molar-refractivity contribution is 5.90. The largest absolute Gasteiger partial charge is 0.480 e. The molecule has 0 radical (unpaired) electrons. The van der Waals surface area contributed by atoms with Crippen LogP contribution >= 0.6 is 0 Å². The van der Waals surface area contributed by atoms with Crippen LogP contribution in [0, 0.1) is 0 Å². The third-order valence-corrected chi connectivity index (χ3v) is 2.24. The molecule has 0 aromatic carbocycles. The molecule has 0 aliphatic heterocycles. The Morgan fingerprint density at radius 1 is 1.75 bits per heavy atom. The summed E-state index contributed by atoms with van der Waals surface area (Å²) >= 11 is 0. The quantitative estimate of drug-likeness (QED) is 0.690. The minimum absolute atomic E-state index is 0.186. The van der Waals surface area contributed by atoms with Crippen molar-refractivity contribution in [3.8, 4) is 0 Å². The van der Waals surface area contributed by atoms with Crippen molar-refractivity contribution < 1.29 is 14.7 Å². The second-order valence-electron chi connectivity index (χ2n) is 3.29. The molecule has 0 aliphatic rings. The van der Waals surface area contributed by atoms with Crippen LogP contribution in [0.2, 0.25) is 0 Å². The number of aromatic amines is 1. The Hall–Kier alpha value is -2.11. The Balaban J connectivity index is 2.79. The number of nitrogens with one attached hydrogen (secondary N) is 1. The van der Waals surface area contributed by atoms with E-state index in [1.807, 2.05) is 0 Å². The fourth-order valence-electron chi connectivity index (χ4n) is 1.29. The van der Waals surface area contributed by atoms with Gasteiger partial charge in [0.05, 0.1) is 6.33 Å². The lowest BCUT2D eigenvalue weighted by Gasteiger charge is -2.22. The van der Waals surface area contributed by atoms with E-state index in [1.54, 1.807) is 0 Å². The molecular formula is C10H13N3O3. The molecular weight excluding hydrogens is 210 g/mol. The number of carboxylic acids is 1. The molecule has 0 spiro atoms. The number of carboxylic acid groups (broad SMARTS) is 1.